The van der Waals surface area contributed by atoms with Crippen LogP contribution in [0.5, 0.6) is 17.2 Å². The van der Waals surface area contributed by atoms with Crippen LogP contribution in [0.2, 0.25) is 0 Å². The molecule has 1 aromatic carbocycles. The molecule has 0 heterocycles. The molecule has 0 radical (unpaired) electrons. The summed E-state index contributed by atoms with van der Waals surface area (Å²) in [6.07, 6.45) is 22.5. The Labute approximate surface area is 195 Å². The molecule has 1 N–H and O–H groups in total. The molecule has 0 saturated carbocycles. The third kappa shape index (κ3) is 11.8. The predicted molar refractivity (Wildman–Crippen MR) is 134 cm³/mol. The van der Waals surface area contributed by atoms with Gasteiger partial charge in [-0.25, -0.2) is 0 Å². The van der Waals surface area contributed by atoms with Crippen molar-refractivity contribution in [1.82, 2.24) is 0 Å². The van der Waals surface area contributed by atoms with Crippen LogP contribution >= 0.6 is 0 Å². The van der Waals surface area contributed by atoms with Gasteiger partial charge in [0.15, 0.2) is 0 Å². The number of allylic oxidation sites excluding steroid dienone is 4. The number of unbranched alkanes of at least 4 members (excludes halogenated alkanes) is 8. The monoisotopic (exact) mass is 445 g/mol. The van der Waals surface area contributed by atoms with Crippen LogP contribution in [0.1, 0.15) is 84.0 Å². The molecule has 0 fully saturated rings. The van der Waals surface area contributed by atoms with Crippen LogP contribution in [-0.2, 0) is 4.79 Å². The van der Waals surface area contributed by atoms with Crippen molar-refractivity contribution in [2.24, 2.45) is 0 Å². The van der Waals surface area contributed by atoms with Gasteiger partial charge >= 0.3 is 0 Å². The van der Waals surface area contributed by atoms with Gasteiger partial charge < -0.3 is 19.5 Å². The molecule has 5 heteroatoms. The van der Waals surface area contributed by atoms with Crippen LogP contribution in [0.3, 0.4) is 0 Å². The zero-order chi connectivity index (χ0) is 23.4. The second kappa shape index (κ2) is 18.2. The molecular formula is C27H43NO4. The smallest absolute Gasteiger partial charge is 0.224 e. The Morgan fingerprint density at radius 1 is 0.781 bits per heavy atom. The summed E-state index contributed by atoms with van der Waals surface area (Å²) in [7, 11) is 4.70. The van der Waals surface area contributed by atoms with Gasteiger partial charge in [0.25, 0.3) is 0 Å². The maximum atomic E-state index is 12.4. The van der Waals surface area contributed by atoms with Gasteiger partial charge in [-0.3, -0.25) is 4.79 Å². The summed E-state index contributed by atoms with van der Waals surface area (Å²) in [4.78, 5) is 12.4. The molecule has 0 bridgehead atoms. The number of amides is 1. The van der Waals surface area contributed by atoms with E-state index in [2.05, 4.69) is 36.5 Å². The van der Waals surface area contributed by atoms with Crippen molar-refractivity contribution < 1.29 is 19.0 Å². The van der Waals surface area contributed by atoms with Crippen LogP contribution in [0.25, 0.3) is 0 Å². The first kappa shape index (κ1) is 27.6. The Morgan fingerprint density at radius 3 is 1.91 bits per heavy atom. The third-order valence-corrected chi connectivity index (χ3v) is 5.33. The average Bonchev–Trinajstić information content (AvgIpc) is 2.81. The summed E-state index contributed by atoms with van der Waals surface area (Å²) < 4.78 is 16.0. The molecule has 0 aliphatic heterocycles. The first-order chi connectivity index (χ1) is 15.7. The lowest BCUT2D eigenvalue weighted by atomic mass is 10.1. The number of rotatable bonds is 18. The van der Waals surface area contributed by atoms with E-state index in [-0.39, 0.29) is 5.91 Å². The number of hydrogen-bond acceptors (Lipinski definition) is 4. The zero-order valence-corrected chi connectivity index (χ0v) is 20.6. The number of hydrogen-bond donors (Lipinski definition) is 1. The van der Waals surface area contributed by atoms with E-state index in [1.54, 1.807) is 33.5 Å². The fourth-order valence-electron chi connectivity index (χ4n) is 3.43. The van der Waals surface area contributed by atoms with Crippen molar-refractivity contribution in [2.45, 2.75) is 84.0 Å². The fraction of sp³-hybridized carbons (Fsp3) is 0.593. The molecule has 1 amide bonds. The van der Waals surface area contributed by atoms with Gasteiger partial charge in [0, 0.05) is 18.6 Å². The van der Waals surface area contributed by atoms with Gasteiger partial charge in [0.05, 0.1) is 21.3 Å². The van der Waals surface area contributed by atoms with E-state index in [1.165, 1.54) is 38.5 Å². The molecule has 0 aromatic heterocycles. The molecular weight excluding hydrogens is 402 g/mol. The van der Waals surface area contributed by atoms with Crippen molar-refractivity contribution in [3.8, 4) is 17.2 Å². The molecule has 0 saturated heterocycles. The van der Waals surface area contributed by atoms with Crippen LogP contribution < -0.4 is 19.5 Å². The van der Waals surface area contributed by atoms with Gasteiger partial charge in [-0.05, 0) is 38.5 Å². The third-order valence-electron chi connectivity index (χ3n) is 5.33. The second-order valence-electron chi connectivity index (χ2n) is 7.94. The van der Waals surface area contributed by atoms with Gasteiger partial charge in [0.2, 0.25) is 5.91 Å². The summed E-state index contributed by atoms with van der Waals surface area (Å²) in [5.41, 5.74) is 0.545. The van der Waals surface area contributed by atoms with Crippen LogP contribution in [0, 0.1) is 0 Å². The van der Waals surface area contributed by atoms with E-state index >= 15 is 0 Å². The van der Waals surface area contributed by atoms with Crippen molar-refractivity contribution in [1.29, 1.82) is 0 Å². The number of anilines is 1. The zero-order valence-electron chi connectivity index (χ0n) is 20.6. The average molecular weight is 446 g/mol. The minimum absolute atomic E-state index is 0.0301. The van der Waals surface area contributed by atoms with Crippen LogP contribution in [0.4, 0.5) is 5.69 Å². The van der Waals surface area contributed by atoms with E-state index < -0.39 is 0 Å². The Morgan fingerprint density at radius 2 is 1.34 bits per heavy atom. The topological polar surface area (TPSA) is 56.8 Å². The molecule has 1 rings (SSSR count). The van der Waals surface area contributed by atoms with Crippen LogP contribution in [0.15, 0.2) is 36.4 Å². The van der Waals surface area contributed by atoms with Gasteiger partial charge in [-0.1, -0.05) is 63.3 Å². The highest BCUT2D eigenvalue weighted by Gasteiger charge is 2.15. The van der Waals surface area contributed by atoms with Crippen molar-refractivity contribution in [3.05, 3.63) is 36.4 Å². The van der Waals surface area contributed by atoms with E-state index in [1.807, 2.05) is 0 Å². The van der Waals surface area contributed by atoms with E-state index in [4.69, 9.17) is 14.2 Å². The van der Waals surface area contributed by atoms with Crippen molar-refractivity contribution in [2.75, 3.05) is 26.6 Å². The summed E-state index contributed by atoms with van der Waals surface area (Å²) in [6, 6.07) is 3.47. The number of ether oxygens (including phenoxy) is 3. The maximum absolute atomic E-state index is 12.4. The molecule has 0 aliphatic carbocycles. The quantitative estimate of drug-likeness (QED) is 0.188. The molecule has 180 valence electrons. The molecule has 5 nitrogen and oxygen atoms in total. The molecule has 0 spiro atoms. The number of nitrogens with one attached hydrogen (secondary N) is 1. The Kier molecular flexibility index (Phi) is 15.7. The van der Waals surface area contributed by atoms with Gasteiger partial charge in [-0.2, -0.15) is 0 Å². The predicted octanol–water partition coefficient (Wildman–Crippen LogP) is 7.46. The minimum Gasteiger partial charge on any atom is -0.496 e. The lowest BCUT2D eigenvalue weighted by molar-refractivity contribution is -0.116. The number of benzene rings is 1. The Bertz CT molecular complexity index is 672. The minimum atomic E-state index is -0.0301. The highest BCUT2D eigenvalue weighted by molar-refractivity contribution is 5.94. The molecule has 1 aromatic rings. The van der Waals surface area contributed by atoms with E-state index in [0.29, 0.717) is 29.4 Å². The van der Waals surface area contributed by atoms with Gasteiger partial charge in [0.1, 0.15) is 22.9 Å². The molecule has 0 unspecified atom stereocenters. The summed E-state index contributed by atoms with van der Waals surface area (Å²) >= 11 is 0. The first-order valence-corrected chi connectivity index (χ1v) is 12.1. The highest BCUT2D eigenvalue weighted by atomic mass is 16.5. The van der Waals surface area contributed by atoms with E-state index in [0.717, 1.165) is 32.1 Å². The first-order valence-electron chi connectivity index (χ1n) is 12.1. The number of carbonyl (C=O) groups is 1. The lowest BCUT2D eigenvalue weighted by Gasteiger charge is -2.15. The number of carbonyl (C=O) groups excluding carboxylic acids is 1. The van der Waals surface area contributed by atoms with Crippen molar-refractivity contribution in [3.63, 3.8) is 0 Å². The normalized spacial score (nSPS) is 11.2. The van der Waals surface area contributed by atoms with Crippen LogP contribution in [-0.4, -0.2) is 27.2 Å². The SMILES string of the molecule is CCCCCC=CCC=CCCCCCCCC(=O)Nc1c(OC)cc(OC)cc1OC. The Hall–Kier alpha value is -2.43. The Balaban J connectivity index is 2.17. The maximum Gasteiger partial charge on any atom is 0.224 e. The second-order valence-corrected chi connectivity index (χ2v) is 7.94. The van der Waals surface area contributed by atoms with E-state index in [9.17, 15) is 4.79 Å². The van der Waals surface area contributed by atoms with Crippen molar-refractivity contribution >= 4 is 11.6 Å². The summed E-state index contributed by atoms with van der Waals surface area (Å²) in [6.45, 7) is 2.24. The number of methoxy groups -OCH3 is 3. The molecule has 0 aliphatic rings. The highest BCUT2D eigenvalue weighted by Crippen LogP contribution is 2.39. The lowest BCUT2D eigenvalue weighted by Crippen LogP contribution is -2.13. The fourth-order valence-corrected chi connectivity index (χ4v) is 3.43. The standard InChI is InChI=1S/C27H43NO4/c1-5-6-7-8-9-10-11-12-13-14-15-16-17-18-19-20-26(29)28-27-24(31-3)21-23(30-2)22-25(27)32-4/h9-10,12-13,21-22H,5-8,11,14-20H2,1-4H3,(H,28,29). The summed E-state index contributed by atoms with van der Waals surface area (Å²) in [5, 5.41) is 2.92. The molecule has 0 atom stereocenters. The largest absolute Gasteiger partial charge is 0.496 e. The molecule has 32 heavy (non-hydrogen) atoms. The summed E-state index contributed by atoms with van der Waals surface area (Å²) in [5.74, 6) is 1.63. The van der Waals surface area contributed by atoms with Gasteiger partial charge in [-0.15, -0.1) is 0 Å².